The summed E-state index contributed by atoms with van der Waals surface area (Å²) in [5.41, 5.74) is 1.72. The Morgan fingerprint density at radius 3 is 2.28 bits per heavy atom. The molecule has 0 aliphatic carbocycles. The van der Waals surface area contributed by atoms with Gasteiger partial charge in [0, 0.05) is 23.7 Å². The molecule has 0 saturated heterocycles. The summed E-state index contributed by atoms with van der Waals surface area (Å²) >= 11 is 5.79. The lowest BCUT2D eigenvalue weighted by atomic mass is 10.1. The summed E-state index contributed by atoms with van der Waals surface area (Å²) in [6, 6.07) is 11.2. The molecule has 0 atom stereocenters. The standard InChI is InChI=1S/C14H12ClF2N/c15-8-10-4-1-2-7-14(10)18-9-11-12(16)5-3-6-13(11)17/h1-7,18H,8-9H2. The average Bonchev–Trinajstić information content (AvgIpc) is 2.38. The van der Waals surface area contributed by atoms with Crippen LogP contribution < -0.4 is 5.32 Å². The fourth-order valence-corrected chi connectivity index (χ4v) is 1.93. The summed E-state index contributed by atoms with van der Waals surface area (Å²) < 4.78 is 26.9. The quantitative estimate of drug-likeness (QED) is 0.814. The number of hydrogen-bond acceptors (Lipinski definition) is 1. The summed E-state index contributed by atoms with van der Waals surface area (Å²) in [5.74, 6) is -0.750. The van der Waals surface area contributed by atoms with E-state index in [1.807, 2.05) is 24.3 Å². The topological polar surface area (TPSA) is 12.0 Å². The number of anilines is 1. The van der Waals surface area contributed by atoms with Crippen molar-refractivity contribution in [2.75, 3.05) is 5.32 Å². The van der Waals surface area contributed by atoms with Crippen LogP contribution in [0.2, 0.25) is 0 Å². The van der Waals surface area contributed by atoms with Gasteiger partial charge in [0.25, 0.3) is 0 Å². The molecule has 0 aliphatic heterocycles. The van der Waals surface area contributed by atoms with Gasteiger partial charge < -0.3 is 5.32 Å². The van der Waals surface area contributed by atoms with Crippen molar-refractivity contribution < 1.29 is 8.78 Å². The van der Waals surface area contributed by atoms with Crippen molar-refractivity contribution in [1.82, 2.24) is 0 Å². The molecular weight excluding hydrogens is 256 g/mol. The first-order valence-corrected chi connectivity index (χ1v) is 6.06. The monoisotopic (exact) mass is 267 g/mol. The average molecular weight is 268 g/mol. The van der Waals surface area contributed by atoms with Crippen LogP contribution in [0.15, 0.2) is 42.5 Å². The van der Waals surface area contributed by atoms with Crippen molar-refractivity contribution in [2.45, 2.75) is 12.4 Å². The van der Waals surface area contributed by atoms with Crippen molar-refractivity contribution in [3.8, 4) is 0 Å². The largest absolute Gasteiger partial charge is 0.380 e. The van der Waals surface area contributed by atoms with Gasteiger partial charge in [-0.1, -0.05) is 24.3 Å². The third-order valence-corrected chi connectivity index (χ3v) is 2.97. The second-order valence-corrected chi connectivity index (χ2v) is 4.11. The molecule has 0 spiro atoms. The van der Waals surface area contributed by atoms with Crippen molar-refractivity contribution in [3.05, 3.63) is 65.2 Å². The molecule has 0 unspecified atom stereocenters. The van der Waals surface area contributed by atoms with Gasteiger partial charge in [0.05, 0.1) is 0 Å². The normalized spacial score (nSPS) is 10.4. The van der Waals surface area contributed by atoms with E-state index >= 15 is 0 Å². The zero-order chi connectivity index (χ0) is 13.0. The van der Waals surface area contributed by atoms with E-state index in [4.69, 9.17) is 11.6 Å². The lowest BCUT2D eigenvalue weighted by Crippen LogP contribution is -2.05. The number of alkyl halides is 1. The van der Waals surface area contributed by atoms with Crippen LogP contribution in [0.5, 0.6) is 0 Å². The maximum Gasteiger partial charge on any atom is 0.131 e. The maximum absolute atomic E-state index is 13.4. The lowest BCUT2D eigenvalue weighted by Gasteiger charge is -2.11. The zero-order valence-electron chi connectivity index (χ0n) is 9.59. The summed E-state index contributed by atoms with van der Waals surface area (Å²) in [5, 5.41) is 3.00. The van der Waals surface area contributed by atoms with Gasteiger partial charge in [0.1, 0.15) is 11.6 Å². The summed E-state index contributed by atoms with van der Waals surface area (Å²) in [6.45, 7) is 0.0897. The van der Waals surface area contributed by atoms with Crippen LogP contribution in [0.1, 0.15) is 11.1 Å². The number of para-hydroxylation sites is 1. The predicted molar refractivity (Wildman–Crippen MR) is 69.7 cm³/mol. The number of nitrogens with one attached hydrogen (secondary N) is 1. The molecule has 0 saturated carbocycles. The molecule has 1 N–H and O–H groups in total. The molecule has 0 radical (unpaired) electrons. The highest BCUT2D eigenvalue weighted by atomic mass is 35.5. The Hall–Kier alpha value is -1.61. The molecule has 0 amide bonds. The second kappa shape index (κ2) is 5.83. The van der Waals surface area contributed by atoms with Crippen molar-refractivity contribution in [3.63, 3.8) is 0 Å². The first-order valence-electron chi connectivity index (χ1n) is 5.53. The molecule has 2 aromatic carbocycles. The molecule has 0 bridgehead atoms. The van der Waals surface area contributed by atoms with Crippen molar-refractivity contribution in [2.24, 2.45) is 0 Å². The number of hydrogen-bond donors (Lipinski definition) is 1. The summed E-state index contributed by atoms with van der Waals surface area (Å²) in [4.78, 5) is 0. The third-order valence-electron chi connectivity index (χ3n) is 2.68. The minimum Gasteiger partial charge on any atom is -0.380 e. The Balaban J connectivity index is 2.16. The smallest absolute Gasteiger partial charge is 0.131 e. The van der Waals surface area contributed by atoms with E-state index in [0.29, 0.717) is 5.88 Å². The van der Waals surface area contributed by atoms with Gasteiger partial charge in [-0.15, -0.1) is 11.6 Å². The summed E-state index contributed by atoms with van der Waals surface area (Å²) in [7, 11) is 0. The molecule has 4 heteroatoms. The predicted octanol–water partition coefficient (Wildman–Crippen LogP) is 4.32. The van der Waals surface area contributed by atoms with Gasteiger partial charge in [-0.2, -0.15) is 0 Å². The van der Waals surface area contributed by atoms with Gasteiger partial charge in [0.2, 0.25) is 0 Å². The van der Waals surface area contributed by atoms with Crippen molar-refractivity contribution >= 4 is 17.3 Å². The number of rotatable bonds is 4. The molecule has 18 heavy (non-hydrogen) atoms. The fourth-order valence-electron chi connectivity index (χ4n) is 1.69. The molecule has 2 aromatic rings. The lowest BCUT2D eigenvalue weighted by molar-refractivity contribution is 0.560. The third kappa shape index (κ3) is 2.79. The van der Waals surface area contributed by atoms with Crippen LogP contribution in [0.4, 0.5) is 14.5 Å². The molecule has 0 heterocycles. The maximum atomic E-state index is 13.4. The Bertz CT molecular complexity index is 523. The van der Waals surface area contributed by atoms with E-state index < -0.39 is 11.6 Å². The van der Waals surface area contributed by atoms with Gasteiger partial charge in [-0.05, 0) is 23.8 Å². The Kier molecular flexibility index (Phi) is 4.15. The second-order valence-electron chi connectivity index (χ2n) is 3.84. The van der Waals surface area contributed by atoms with Crippen molar-refractivity contribution in [1.29, 1.82) is 0 Å². The first kappa shape index (κ1) is 12.8. The van der Waals surface area contributed by atoms with Crippen LogP contribution in [-0.2, 0) is 12.4 Å². The SMILES string of the molecule is Fc1cccc(F)c1CNc1ccccc1CCl. The highest BCUT2D eigenvalue weighted by molar-refractivity contribution is 6.17. The van der Waals surface area contributed by atoms with E-state index in [2.05, 4.69) is 5.32 Å². The zero-order valence-corrected chi connectivity index (χ0v) is 10.3. The highest BCUT2D eigenvalue weighted by Gasteiger charge is 2.08. The molecule has 0 aliphatic rings. The minimum atomic E-state index is -0.550. The molecule has 0 fully saturated rings. The Morgan fingerprint density at radius 1 is 0.944 bits per heavy atom. The summed E-state index contributed by atoms with van der Waals surface area (Å²) in [6.07, 6.45) is 0. The van der Waals surface area contributed by atoms with Gasteiger partial charge in [-0.25, -0.2) is 8.78 Å². The molecule has 1 nitrogen and oxygen atoms in total. The Morgan fingerprint density at radius 2 is 1.61 bits per heavy atom. The van der Waals surface area contributed by atoms with E-state index in [-0.39, 0.29) is 12.1 Å². The minimum absolute atomic E-state index is 0.0295. The van der Waals surface area contributed by atoms with Crippen LogP contribution in [0.25, 0.3) is 0 Å². The van der Waals surface area contributed by atoms with Gasteiger partial charge in [0.15, 0.2) is 0 Å². The van der Waals surface area contributed by atoms with Crippen LogP contribution >= 0.6 is 11.6 Å². The highest BCUT2D eigenvalue weighted by Crippen LogP contribution is 2.19. The van der Waals surface area contributed by atoms with E-state index in [9.17, 15) is 8.78 Å². The van der Waals surface area contributed by atoms with Gasteiger partial charge >= 0.3 is 0 Å². The molecule has 2 rings (SSSR count). The van der Waals surface area contributed by atoms with E-state index in [0.717, 1.165) is 11.3 Å². The van der Waals surface area contributed by atoms with Gasteiger partial charge in [-0.3, -0.25) is 0 Å². The van der Waals surface area contributed by atoms with E-state index in [1.165, 1.54) is 18.2 Å². The Labute approximate surface area is 109 Å². The fraction of sp³-hybridized carbons (Fsp3) is 0.143. The van der Waals surface area contributed by atoms with Crippen LogP contribution in [0, 0.1) is 11.6 Å². The molecule has 94 valence electrons. The molecule has 0 aromatic heterocycles. The molecular formula is C14H12ClF2N. The number of halogens is 3. The number of benzene rings is 2. The van der Waals surface area contributed by atoms with Crippen LogP contribution in [-0.4, -0.2) is 0 Å². The van der Waals surface area contributed by atoms with Crippen LogP contribution in [0.3, 0.4) is 0 Å². The van der Waals surface area contributed by atoms with E-state index in [1.54, 1.807) is 0 Å². The first-order chi connectivity index (χ1) is 8.72.